The third-order valence-corrected chi connectivity index (χ3v) is 18.1. The van der Waals surface area contributed by atoms with Crippen molar-refractivity contribution in [2.24, 2.45) is 0 Å². The number of aryl methyl sites for hydroxylation is 4. The molecule has 4 heterocycles. The van der Waals surface area contributed by atoms with E-state index in [-0.39, 0.29) is 11.5 Å². The standard InChI is InChI=1S/C79H62N6O2/c1-50-25-33-54(34-26-50)60-13-9-17-64-65-18-10-14-61(55-35-27-51(2)28-36-55)77(65)84(76(60)64)58-41-43-74(86)72(45-58)82-48-80(68-21-5-7-23-70(68)82)47-81-49-83(71-24-8-6-22-69(71)81)73-46-59(42-44-75(73)87)85-78-62(56-37-29-52(3)30-38-56)15-11-19-66(78)67-20-12-16-63(79(67)85)57-39-31-53(4)32-40-57/h5-46,86-87H,47-49H2,1-4H3. The second-order valence-corrected chi connectivity index (χ2v) is 23.6. The molecule has 0 fully saturated rings. The summed E-state index contributed by atoms with van der Waals surface area (Å²) >= 11 is 0. The van der Waals surface area contributed by atoms with E-state index in [9.17, 15) is 10.2 Å². The van der Waals surface area contributed by atoms with Crippen molar-refractivity contribution in [1.82, 2.24) is 9.13 Å². The van der Waals surface area contributed by atoms with E-state index in [1.54, 1.807) is 0 Å². The Morgan fingerprint density at radius 2 is 0.575 bits per heavy atom. The van der Waals surface area contributed by atoms with Gasteiger partial charge in [0.15, 0.2) is 0 Å². The van der Waals surface area contributed by atoms with Gasteiger partial charge in [0.1, 0.15) is 11.5 Å². The molecule has 2 aliphatic rings. The molecule has 0 radical (unpaired) electrons. The van der Waals surface area contributed by atoms with E-state index < -0.39 is 0 Å². The fourth-order valence-corrected chi connectivity index (χ4v) is 13.8. The minimum atomic E-state index is 0.196. The van der Waals surface area contributed by atoms with Gasteiger partial charge in [-0.2, -0.15) is 0 Å². The molecule has 0 saturated carbocycles. The number of fused-ring (bicyclic) bond motifs is 8. The zero-order valence-electron chi connectivity index (χ0n) is 48.9. The third kappa shape index (κ3) is 8.50. The molecule has 2 aliphatic heterocycles. The zero-order valence-corrected chi connectivity index (χ0v) is 48.9. The van der Waals surface area contributed by atoms with Crippen LogP contribution in [0.15, 0.2) is 255 Å². The van der Waals surface area contributed by atoms with Crippen LogP contribution >= 0.6 is 0 Å². The monoisotopic (exact) mass is 1130 g/mol. The molecule has 0 spiro atoms. The molecule has 0 aliphatic carbocycles. The van der Waals surface area contributed by atoms with Crippen LogP contribution in [0.3, 0.4) is 0 Å². The normalized spacial score (nSPS) is 13.0. The van der Waals surface area contributed by atoms with Gasteiger partial charge in [0, 0.05) is 55.2 Å². The van der Waals surface area contributed by atoms with Crippen molar-refractivity contribution in [3.05, 3.63) is 277 Å². The van der Waals surface area contributed by atoms with Gasteiger partial charge in [0.05, 0.1) is 76.2 Å². The van der Waals surface area contributed by atoms with Crippen LogP contribution in [0.1, 0.15) is 22.3 Å². The summed E-state index contributed by atoms with van der Waals surface area (Å²) in [6.07, 6.45) is 0. The molecule has 8 nitrogen and oxygen atoms in total. The van der Waals surface area contributed by atoms with E-state index in [0.717, 1.165) is 122 Å². The van der Waals surface area contributed by atoms with Crippen LogP contribution in [0.5, 0.6) is 11.5 Å². The second-order valence-electron chi connectivity index (χ2n) is 23.6. The van der Waals surface area contributed by atoms with Crippen molar-refractivity contribution in [1.29, 1.82) is 0 Å². The number of phenols is 2. The van der Waals surface area contributed by atoms with Gasteiger partial charge >= 0.3 is 0 Å². The number of hydrogen-bond donors (Lipinski definition) is 2. The minimum Gasteiger partial charge on any atom is -0.506 e. The third-order valence-electron chi connectivity index (χ3n) is 18.1. The first-order chi connectivity index (χ1) is 42.6. The average Bonchev–Trinajstić information content (AvgIpc) is 1.78. The summed E-state index contributed by atoms with van der Waals surface area (Å²) in [6, 6.07) is 91.1. The van der Waals surface area contributed by atoms with Gasteiger partial charge in [-0.05, 0) is 111 Å². The van der Waals surface area contributed by atoms with Crippen molar-refractivity contribution >= 4 is 77.7 Å². The van der Waals surface area contributed by atoms with Crippen LogP contribution in [0.2, 0.25) is 0 Å². The number of nitrogens with zero attached hydrogens (tertiary/aromatic N) is 6. The van der Waals surface area contributed by atoms with E-state index in [4.69, 9.17) is 0 Å². The van der Waals surface area contributed by atoms with Crippen molar-refractivity contribution in [3.63, 3.8) is 0 Å². The Balaban J connectivity index is 0.787. The highest BCUT2D eigenvalue weighted by atomic mass is 16.3. The molecule has 2 N–H and O–H groups in total. The zero-order chi connectivity index (χ0) is 58.6. The Morgan fingerprint density at radius 1 is 0.287 bits per heavy atom. The minimum absolute atomic E-state index is 0.196. The SMILES string of the molecule is Cc1ccc(-c2cccc3c4cccc(-c5ccc(C)cc5)c4n(-c4ccc(O)c(N5CN(CN6CN(c7cc(-n8c9c(-c%10ccc(C)cc%10)cccc9c9cccc(-c%10ccc(C)cc%10)c98)ccc7O)c7ccccc76)c6ccccc65)c4)c23)cc1. The van der Waals surface area contributed by atoms with Crippen LogP contribution in [-0.4, -0.2) is 39.4 Å². The Hall–Kier alpha value is -11.0. The lowest BCUT2D eigenvalue weighted by Crippen LogP contribution is -2.40. The molecule has 16 rings (SSSR count). The molecular weight excluding hydrogens is 1060 g/mol. The van der Waals surface area contributed by atoms with Gasteiger partial charge in [0.2, 0.25) is 0 Å². The molecule has 2 aromatic heterocycles. The highest BCUT2D eigenvalue weighted by Gasteiger charge is 2.35. The van der Waals surface area contributed by atoms with Gasteiger partial charge in [-0.15, -0.1) is 0 Å². The number of benzene rings is 12. The molecule has 14 aromatic rings. The first-order valence-corrected chi connectivity index (χ1v) is 29.9. The predicted molar refractivity (Wildman–Crippen MR) is 362 cm³/mol. The van der Waals surface area contributed by atoms with Gasteiger partial charge < -0.3 is 38.9 Å². The Bertz CT molecular complexity index is 4520. The Kier molecular flexibility index (Phi) is 12.1. The smallest absolute Gasteiger partial charge is 0.139 e. The summed E-state index contributed by atoms with van der Waals surface area (Å²) in [7, 11) is 0. The highest BCUT2D eigenvalue weighted by Crippen LogP contribution is 2.51. The lowest BCUT2D eigenvalue weighted by atomic mass is 9.99. The number of anilines is 6. The maximum atomic E-state index is 12.2. The molecule has 0 bridgehead atoms. The van der Waals surface area contributed by atoms with Crippen molar-refractivity contribution < 1.29 is 10.2 Å². The summed E-state index contributed by atoms with van der Waals surface area (Å²) in [4.78, 5) is 9.28. The molecule has 0 unspecified atom stereocenters. The van der Waals surface area contributed by atoms with E-state index >= 15 is 0 Å². The molecule has 8 heteroatoms. The second kappa shape index (κ2) is 20.4. The summed E-state index contributed by atoms with van der Waals surface area (Å²) < 4.78 is 4.84. The molecule has 87 heavy (non-hydrogen) atoms. The van der Waals surface area contributed by atoms with Crippen molar-refractivity contribution in [3.8, 4) is 67.4 Å². The van der Waals surface area contributed by atoms with Crippen molar-refractivity contribution in [2.45, 2.75) is 27.7 Å². The number of rotatable bonds is 10. The number of aromatic nitrogens is 2. The fourth-order valence-electron chi connectivity index (χ4n) is 13.8. The number of para-hydroxylation sites is 8. The van der Waals surface area contributed by atoms with Crippen LogP contribution in [-0.2, 0) is 0 Å². The fraction of sp³-hybridized carbons (Fsp3) is 0.0886. The molecule has 0 amide bonds. The number of aromatic hydroxyl groups is 2. The van der Waals surface area contributed by atoms with E-state index in [0.29, 0.717) is 31.4 Å². The summed E-state index contributed by atoms with van der Waals surface area (Å²) in [5.41, 5.74) is 25.8. The van der Waals surface area contributed by atoms with Gasteiger partial charge in [-0.3, -0.25) is 0 Å². The Labute approximate surface area is 506 Å². The van der Waals surface area contributed by atoms with Crippen molar-refractivity contribution in [2.75, 3.05) is 39.6 Å². The first-order valence-electron chi connectivity index (χ1n) is 29.9. The molecule has 12 aromatic carbocycles. The van der Waals surface area contributed by atoms with E-state index in [1.165, 1.54) is 22.3 Å². The predicted octanol–water partition coefficient (Wildman–Crippen LogP) is 19.7. The molecule has 0 atom stereocenters. The maximum Gasteiger partial charge on any atom is 0.139 e. The maximum absolute atomic E-state index is 12.2. The summed E-state index contributed by atoms with van der Waals surface area (Å²) in [5.74, 6) is 0.393. The average molecular weight is 1130 g/mol. The lowest BCUT2D eigenvalue weighted by molar-refractivity contribution is 0.475. The number of hydrogen-bond acceptors (Lipinski definition) is 6. The van der Waals surface area contributed by atoms with E-state index in [2.05, 4.69) is 299 Å². The molecule has 420 valence electrons. The topological polar surface area (TPSA) is 63.3 Å². The summed E-state index contributed by atoms with van der Waals surface area (Å²) in [6.45, 7) is 10.0. The Morgan fingerprint density at radius 3 is 0.874 bits per heavy atom. The molecule has 0 saturated heterocycles. The van der Waals surface area contributed by atoms with Crippen LogP contribution in [0.25, 0.3) is 99.5 Å². The first kappa shape index (κ1) is 51.7. The van der Waals surface area contributed by atoms with Gasteiger partial charge in [0.25, 0.3) is 0 Å². The number of phenolic OH excluding ortho intramolecular Hbond substituents is 2. The highest BCUT2D eigenvalue weighted by molar-refractivity contribution is 6.19. The van der Waals surface area contributed by atoms with Crippen LogP contribution < -0.4 is 19.6 Å². The van der Waals surface area contributed by atoms with Crippen LogP contribution in [0, 0.1) is 27.7 Å². The van der Waals surface area contributed by atoms with Gasteiger partial charge in [-0.1, -0.05) is 216 Å². The molecular formula is C79H62N6O2. The van der Waals surface area contributed by atoms with Crippen LogP contribution in [0.4, 0.5) is 34.1 Å². The van der Waals surface area contributed by atoms with E-state index in [1.807, 2.05) is 12.1 Å². The summed E-state index contributed by atoms with van der Waals surface area (Å²) in [5, 5.41) is 29.1. The lowest BCUT2D eigenvalue weighted by Gasteiger charge is -2.29. The quantitative estimate of drug-likeness (QED) is 0.142. The largest absolute Gasteiger partial charge is 0.506 e. The van der Waals surface area contributed by atoms with Gasteiger partial charge in [-0.25, -0.2) is 0 Å².